The Kier molecular flexibility index (Phi) is 6.17. The molecule has 0 aromatic carbocycles. The molecule has 0 aliphatic carbocycles. The van der Waals surface area contributed by atoms with E-state index in [-0.39, 0.29) is 0 Å². The van der Waals surface area contributed by atoms with Gasteiger partial charge in [0.25, 0.3) is 20.2 Å². The third-order valence-electron chi connectivity index (χ3n) is 1.32. The lowest BCUT2D eigenvalue weighted by Gasteiger charge is -2.03. The van der Waals surface area contributed by atoms with Crippen molar-refractivity contribution in [2.75, 3.05) is 24.7 Å². The van der Waals surface area contributed by atoms with Crippen LogP contribution in [-0.4, -0.2) is 62.6 Å². The Morgan fingerprint density at radius 3 is 1.28 bits per heavy atom. The van der Waals surface area contributed by atoms with E-state index in [2.05, 4.69) is 9.47 Å². The van der Waals surface area contributed by atoms with Crippen LogP contribution in [-0.2, 0) is 39.3 Å². The molecule has 0 bridgehead atoms. The highest BCUT2D eigenvalue weighted by Crippen LogP contribution is 1.90. The summed E-state index contributed by atoms with van der Waals surface area (Å²) in [5.41, 5.74) is 0. The smallest absolute Gasteiger partial charge is 0.417 e. The first-order valence-corrected chi connectivity index (χ1v) is 7.47. The van der Waals surface area contributed by atoms with Crippen LogP contribution in [0.5, 0.6) is 0 Å². The van der Waals surface area contributed by atoms with E-state index in [1.165, 1.54) is 0 Å². The Balaban J connectivity index is 3.95. The molecule has 0 aliphatic rings. The van der Waals surface area contributed by atoms with Crippen LogP contribution in [0, 0.1) is 0 Å². The second-order valence-electron chi connectivity index (χ2n) is 2.84. The van der Waals surface area contributed by atoms with Crippen LogP contribution in [0.2, 0.25) is 0 Å². The maximum absolute atomic E-state index is 10.8. The van der Waals surface area contributed by atoms with Gasteiger partial charge in [0.15, 0.2) is 0 Å². The molecular formula is C6H10O10S2. The van der Waals surface area contributed by atoms with E-state index >= 15 is 0 Å². The molecule has 12 heteroatoms. The molecule has 0 heterocycles. The minimum atomic E-state index is -4.32. The summed E-state index contributed by atoms with van der Waals surface area (Å²) in [5.74, 6) is -4.88. The van der Waals surface area contributed by atoms with Gasteiger partial charge in [0.1, 0.15) is 24.7 Å². The summed E-state index contributed by atoms with van der Waals surface area (Å²) in [5, 5.41) is 0. The van der Waals surface area contributed by atoms with E-state index in [1.807, 2.05) is 0 Å². The first-order chi connectivity index (χ1) is 8.01. The Hall–Kier alpha value is -1.24. The molecule has 18 heavy (non-hydrogen) atoms. The SMILES string of the molecule is O=C(OCCS(=O)(=O)O)C(=O)OCCS(=O)(=O)O. The summed E-state index contributed by atoms with van der Waals surface area (Å²) in [6, 6.07) is 0. The molecule has 106 valence electrons. The fraction of sp³-hybridized carbons (Fsp3) is 0.667. The maximum Gasteiger partial charge on any atom is 0.417 e. The second kappa shape index (κ2) is 6.63. The molecule has 0 fully saturated rings. The summed E-state index contributed by atoms with van der Waals surface area (Å²) in [6.45, 7) is -1.52. The molecule has 0 radical (unpaired) electrons. The Bertz CT molecular complexity index is 452. The van der Waals surface area contributed by atoms with E-state index in [0.717, 1.165) is 0 Å². The summed E-state index contributed by atoms with van der Waals surface area (Å²) >= 11 is 0. The van der Waals surface area contributed by atoms with Gasteiger partial charge in [-0.1, -0.05) is 0 Å². The molecule has 0 atom stereocenters. The van der Waals surface area contributed by atoms with Crippen LogP contribution in [0.15, 0.2) is 0 Å². The molecule has 0 amide bonds. The topological polar surface area (TPSA) is 161 Å². The van der Waals surface area contributed by atoms with Crippen LogP contribution in [0.3, 0.4) is 0 Å². The van der Waals surface area contributed by atoms with Crippen molar-refractivity contribution in [3.8, 4) is 0 Å². The highest BCUT2D eigenvalue weighted by atomic mass is 32.2. The van der Waals surface area contributed by atoms with Gasteiger partial charge in [-0.2, -0.15) is 16.8 Å². The van der Waals surface area contributed by atoms with Crippen LogP contribution < -0.4 is 0 Å². The first-order valence-electron chi connectivity index (χ1n) is 4.25. The quantitative estimate of drug-likeness (QED) is 0.314. The van der Waals surface area contributed by atoms with Crippen LogP contribution >= 0.6 is 0 Å². The normalized spacial score (nSPS) is 11.9. The summed E-state index contributed by atoms with van der Waals surface area (Å²) < 4.78 is 65.6. The third kappa shape index (κ3) is 9.95. The number of carbonyl (C=O) groups excluding carboxylic acids is 2. The molecule has 0 aromatic rings. The molecule has 0 saturated heterocycles. The van der Waals surface area contributed by atoms with Gasteiger partial charge in [-0.25, -0.2) is 9.59 Å². The van der Waals surface area contributed by atoms with Crippen molar-refractivity contribution in [3.05, 3.63) is 0 Å². The average Bonchev–Trinajstić information content (AvgIpc) is 2.13. The zero-order valence-electron chi connectivity index (χ0n) is 8.81. The number of rotatable bonds is 6. The molecule has 0 aliphatic heterocycles. The van der Waals surface area contributed by atoms with Crippen molar-refractivity contribution in [2.45, 2.75) is 0 Å². The van der Waals surface area contributed by atoms with Gasteiger partial charge in [0, 0.05) is 0 Å². The van der Waals surface area contributed by atoms with E-state index in [9.17, 15) is 26.4 Å². The lowest BCUT2D eigenvalue weighted by Crippen LogP contribution is -2.25. The van der Waals surface area contributed by atoms with E-state index in [1.54, 1.807) is 0 Å². The van der Waals surface area contributed by atoms with Crippen molar-refractivity contribution >= 4 is 32.2 Å². The molecule has 0 rings (SSSR count). The minimum Gasteiger partial charge on any atom is -0.456 e. The lowest BCUT2D eigenvalue weighted by molar-refractivity contribution is -0.166. The van der Waals surface area contributed by atoms with Crippen molar-refractivity contribution < 1.29 is 45.0 Å². The van der Waals surface area contributed by atoms with Gasteiger partial charge in [0.2, 0.25) is 0 Å². The number of carbonyl (C=O) groups is 2. The van der Waals surface area contributed by atoms with Crippen molar-refractivity contribution in [3.63, 3.8) is 0 Å². The maximum atomic E-state index is 10.8. The number of ether oxygens (including phenoxy) is 2. The molecular weight excluding hydrogens is 296 g/mol. The molecule has 0 spiro atoms. The molecule has 0 aromatic heterocycles. The molecule has 0 saturated carbocycles. The average molecular weight is 306 g/mol. The molecule has 10 nitrogen and oxygen atoms in total. The predicted molar refractivity (Wildman–Crippen MR) is 54.7 cm³/mol. The monoisotopic (exact) mass is 306 g/mol. The van der Waals surface area contributed by atoms with Crippen LogP contribution in [0.1, 0.15) is 0 Å². The standard InChI is InChI=1S/C6H10O10S2/c7-5(15-1-3-17(9,10)11)6(8)16-2-4-18(12,13)14/h1-4H2,(H,9,10,11)(H,12,13,14). The highest BCUT2D eigenvalue weighted by molar-refractivity contribution is 7.86. The Labute approximate surface area is 102 Å². The third-order valence-corrected chi connectivity index (χ3v) is 2.68. The van der Waals surface area contributed by atoms with Crippen molar-refractivity contribution in [2.24, 2.45) is 0 Å². The van der Waals surface area contributed by atoms with Gasteiger partial charge >= 0.3 is 11.9 Å². The zero-order valence-corrected chi connectivity index (χ0v) is 10.4. The van der Waals surface area contributed by atoms with Gasteiger partial charge < -0.3 is 9.47 Å². The minimum absolute atomic E-state index is 0.759. The number of esters is 2. The number of hydrogen-bond donors (Lipinski definition) is 2. The van der Waals surface area contributed by atoms with Crippen molar-refractivity contribution in [1.29, 1.82) is 0 Å². The Morgan fingerprint density at radius 2 is 1.06 bits per heavy atom. The van der Waals surface area contributed by atoms with Crippen LogP contribution in [0.4, 0.5) is 0 Å². The molecule has 0 unspecified atom stereocenters. The van der Waals surface area contributed by atoms with Crippen LogP contribution in [0.25, 0.3) is 0 Å². The fourth-order valence-electron chi connectivity index (χ4n) is 0.597. The largest absolute Gasteiger partial charge is 0.456 e. The van der Waals surface area contributed by atoms with Gasteiger partial charge in [0.05, 0.1) is 0 Å². The lowest BCUT2D eigenvalue weighted by atomic mass is 10.6. The van der Waals surface area contributed by atoms with Gasteiger partial charge in [-0.15, -0.1) is 0 Å². The zero-order chi connectivity index (χ0) is 14.4. The van der Waals surface area contributed by atoms with Gasteiger partial charge in [-0.3, -0.25) is 9.11 Å². The van der Waals surface area contributed by atoms with Gasteiger partial charge in [-0.05, 0) is 0 Å². The fourth-order valence-corrected chi connectivity index (χ4v) is 1.19. The Morgan fingerprint density at radius 1 is 0.778 bits per heavy atom. The summed E-state index contributed by atoms with van der Waals surface area (Å²) in [6.07, 6.45) is 0. The summed E-state index contributed by atoms with van der Waals surface area (Å²) in [4.78, 5) is 21.6. The van der Waals surface area contributed by atoms with E-state index in [0.29, 0.717) is 0 Å². The second-order valence-corrected chi connectivity index (χ2v) is 5.99. The van der Waals surface area contributed by atoms with Crippen molar-refractivity contribution in [1.82, 2.24) is 0 Å². The molecule has 2 N–H and O–H groups in total. The highest BCUT2D eigenvalue weighted by Gasteiger charge is 2.19. The first kappa shape index (κ1) is 16.8. The van der Waals surface area contributed by atoms with E-state index < -0.39 is 56.9 Å². The predicted octanol–water partition coefficient (Wildman–Crippen LogP) is -2.15. The summed E-state index contributed by atoms with van der Waals surface area (Å²) in [7, 11) is -8.65. The van der Waals surface area contributed by atoms with E-state index in [4.69, 9.17) is 9.11 Å². The number of hydrogen-bond acceptors (Lipinski definition) is 8.